The molecule has 7 nitrogen and oxygen atoms in total. The Morgan fingerprint density at radius 2 is 1.86 bits per heavy atom. The van der Waals surface area contributed by atoms with E-state index in [1.165, 1.54) is 37.1 Å². The fourth-order valence-electron chi connectivity index (χ4n) is 2.36. The predicted molar refractivity (Wildman–Crippen MR) is 107 cm³/mol. The van der Waals surface area contributed by atoms with Gasteiger partial charge in [-0.2, -0.15) is 0 Å². The molecule has 0 bridgehead atoms. The Kier molecular flexibility index (Phi) is 5.98. The number of amides is 1. The van der Waals surface area contributed by atoms with E-state index < -0.39 is 15.9 Å². The molecule has 0 spiro atoms. The lowest BCUT2D eigenvalue weighted by Crippen LogP contribution is -2.15. The highest BCUT2D eigenvalue weighted by molar-refractivity contribution is 7.99. The zero-order valence-electron chi connectivity index (χ0n) is 14.8. The largest absolute Gasteiger partial charge is 0.495 e. The maximum absolute atomic E-state index is 12.5. The number of hydrogen-bond acceptors (Lipinski definition) is 6. The second-order valence-electron chi connectivity index (χ2n) is 5.66. The Balaban J connectivity index is 1.78. The molecule has 0 aliphatic carbocycles. The van der Waals surface area contributed by atoms with Crippen LogP contribution in [0, 0.1) is 0 Å². The van der Waals surface area contributed by atoms with Crippen LogP contribution in [0.4, 0.5) is 5.69 Å². The number of pyridine rings is 1. The summed E-state index contributed by atoms with van der Waals surface area (Å²) in [5.41, 5.74) is 0.624. The quantitative estimate of drug-likeness (QED) is 0.640. The molecule has 0 atom stereocenters. The molecule has 0 fully saturated rings. The standard InChI is InChI=1S/C19H17N3O4S2/c1-26-17-10-9-15(28(20,24)25)12-16(17)22-19(23)13-5-7-14(8-6-13)27-18-4-2-3-11-21-18/h2-12H,1H3,(H,22,23)(H2,20,24,25). The normalized spacial score (nSPS) is 11.1. The Morgan fingerprint density at radius 1 is 1.11 bits per heavy atom. The number of ether oxygens (including phenoxy) is 1. The van der Waals surface area contributed by atoms with Gasteiger partial charge in [0.25, 0.3) is 5.91 Å². The minimum atomic E-state index is -3.90. The summed E-state index contributed by atoms with van der Waals surface area (Å²) >= 11 is 1.48. The molecular weight excluding hydrogens is 398 g/mol. The van der Waals surface area contributed by atoms with Gasteiger partial charge in [0, 0.05) is 16.7 Å². The average molecular weight is 415 g/mol. The van der Waals surface area contributed by atoms with Crippen LogP contribution in [0.25, 0.3) is 0 Å². The average Bonchev–Trinajstić information content (AvgIpc) is 2.68. The zero-order valence-corrected chi connectivity index (χ0v) is 16.5. The van der Waals surface area contributed by atoms with Crippen LogP contribution in [0.15, 0.2) is 81.7 Å². The Labute approximate surface area is 167 Å². The van der Waals surface area contributed by atoms with Gasteiger partial charge in [-0.3, -0.25) is 4.79 Å². The van der Waals surface area contributed by atoms with E-state index >= 15 is 0 Å². The van der Waals surface area contributed by atoms with E-state index in [1.807, 2.05) is 30.3 Å². The molecule has 28 heavy (non-hydrogen) atoms. The van der Waals surface area contributed by atoms with Crippen LogP contribution in [0.5, 0.6) is 5.75 Å². The number of benzene rings is 2. The van der Waals surface area contributed by atoms with Gasteiger partial charge in [-0.05, 0) is 54.6 Å². The molecule has 9 heteroatoms. The lowest BCUT2D eigenvalue weighted by molar-refractivity contribution is 0.102. The minimum absolute atomic E-state index is 0.120. The van der Waals surface area contributed by atoms with Gasteiger partial charge in [0.1, 0.15) is 10.8 Å². The van der Waals surface area contributed by atoms with Crippen LogP contribution < -0.4 is 15.2 Å². The number of aromatic nitrogens is 1. The van der Waals surface area contributed by atoms with Gasteiger partial charge in [-0.15, -0.1) is 0 Å². The molecule has 144 valence electrons. The molecule has 0 aliphatic rings. The van der Waals surface area contributed by atoms with Crippen LogP contribution in [0.1, 0.15) is 10.4 Å². The second-order valence-corrected chi connectivity index (χ2v) is 8.31. The van der Waals surface area contributed by atoms with Crippen molar-refractivity contribution in [2.45, 2.75) is 14.8 Å². The van der Waals surface area contributed by atoms with Crippen molar-refractivity contribution in [3.8, 4) is 5.75 Å². The number of carbonyl (C=O) groups is 1. The van der Waals surface area contributed by atoms with E-state index in [-0.39, 0.29) is 10.6 Å². The van der Waals surface area contributed by atoms with E-state index in [9.17, 15) is 13.2 Å². The van der Waals surface area contributed by atoms with Crippen molar-refractivity contribution >= 4 is 33.4 Å². The van der Waals surface area contributed by atoms with Gasteiger partial charge in [0.2, 0.25) is 10.0 Å². The molecule has 3 rings (SSSR count). The van der Waals surface area contributed by atoms with E-state index in [2.05, 4.69) is 10.3 Å². The first-order valence-corrected chi connectivity index (χ1v) is 10.4. The number of nitrogens with one attached hydrogen (secondary N) is 1. The van der Waals surface area contributed by atoms with Crippen molar-refractivity contribution in [3.63, 3.8) is 0 Å². The number of nitrogens with two attached hydrogens (primary N) is 1. The number of primary sulfonamides is 1. The highest BCUT2D eigenvalue weighted by Gasteiger charge is 2.15. The summed E-state index contributed by atoms with van der Waals surface area (Å²) in [4.78, 5) is 17.6. The summed E-state index contributed by atoms with van der Waals surface area (Å²) < 4.78 is 28.3. The summed E-state index contributed by atoms with van der Waals surface area (Å²) in [7, 11) is -2.48. The van der Waals surface area contributed by atoms with Crippen molar-refractivity contribution in [2.24, 2.45) is 5.14 Å². The molecule has 1 heterocycles. The predicted octanol–water partition coefficient (Wildman–Crippen LogP) is 3.14. The Bertz CT molecular complexity index is 1090. The maximum Gasteiger partial charge on any atom is 0.255 e. The summed E-state index contributed by atoms with van der Waals surface area (Å²) in [5, 5.41) is 8.66. The van der Waals surface area contributed by atoms with Crippen LogP contribution in [0.2, 0.25) is 0 Å². The SMILES string of the molecule is COc1ccc(S(N)(=O)=O)cc1NC(=O)c1ccc(Sc2ccccn2)cc1. The first kappa shape index (κ1) is 19.9. The van der Waals surface area contributed by atoms with Gasteiger partial charge in [-0.25, -0.2) is 18.5 Å². The molecule has 0 aliphatic heterocycles. The van der Waals surface area contributed by atoms with Gasteiger partial charge >= 0.3 is 0 Å². The van der Waals surface area contributed by atoms with Gasteiger partial charge in [0.05, 0.1) is 17.7 Å². The number of carbonyl (C=O) groups excluding carboxylic acids is 1. The van der Waals surface area contributed by atoms with Crippen LogP contribution in [-0.2, 0) is 10.0 Å². The molecule has 2 aromatic carbocycles. The third kappa shape index (κ3) is 4.89. The fourth-order valence-corrected chi connectivity index (χ4v) is 3.67. The monoisotopic (exact) mass is 415 g/mol. The highest BCUT2D eigenvalue weighted by Crippen LogP contribution is 2.28. The molecule has 1 aromatic heterocycles. The third-order valence-electron chi connectivity index (χ3n) is 3.72. The summed E-state index contributed by atoms with van der Waals surface area (Å²) in [6.07, 6.45) is 1.72. The molecule has 1 amide bonds. The van der Waals surface area contributed by atoms with E-state index in [1.54, 1.807) is 18.3 Å². The van der Waals surface area contributed by atoms with Crippen LogP contribution >= 0.6 is 11.8 Å². The molecule has 0 unspecified atom stereocenters. The number of methoxy groups -OCH3 is 1. The Morgan fingerprint density at radius 3 is 2.46 bits per heavy atom. The molecule has 0 radical (unpaired) electrons. The molecule has 0 saturated carbocycles. The molecule has 0 saturated heterocycles. The first-order valence-electron chi connectivity index (χ1n) is 8.08. The number of nitrogens with zero attached hydrogens (tertiary/aromatic N) is 1. The number of hydrogen-bond donors (Lipinski definition) is 2. The summed E-state index contributed by atoms with van der Waals surface area (Å²) in [6.45, 7) is 0. The van der Waals surface area contributed by atoms with Gasteiger partial charge in [0.15, 0.2) is 0 Å². The summed E-state index contributed by atoms with van der Waals surface area (Å²) in [5.74, 6) is -0.0812. The van der Waals surface area contributed by atoms with Gasteiger partial charge < -0.3 is 10.1 Å². The van der Waals surface area contributed by atoms with Crippen molar-refractivity contribution in [2.75, 3.05) is 12.4 Å². The number of sulfonamides is 1. The van der Waals surface area contributed by atoms with Crippen molar-refractivity contribution in [1.29, 1.82) is 0 Å². The Hall–Kier alpha value is -2.88. The van der Waals surface area contributed by atoms with Crippen LogP contribution in [0.3, 0.4) is 0 Å². The van der Waals surface area contributed by atoms with E-state index in [0.29, 0.717) is 11.3 Å². The van der Waals surface area contributed by atoms with Crippen molar-refractivity contribution < 1.29 is 17.9 Å². The van der Waals surface area contributed by atoms with Crippen molar-refractivity contribution in [3.05, 3.63) is 72.4 Å². The molecule has 3 aromatic rings. The van der Waals surface area contributed by atoms with E-state index in [4.69, 9.17) is 9.88 Å². The first-order chi connectivity index (χ1) is 13.4. The second kappa shape index (κ2) is 8.42. The van der Waals surface area contributed by atoms with Gasteiger partial charge in [-0.1, -0.05) is 17.8 Å². The fraction of sp³-hybridized carbons (Fsp3) is 0.0526. The maximum atomic E-state index is 12.5. The lowest BCUT2D eigenvalue weighted by Gasteiger charge is -2.12. The minimum Gasteiger partial charge on any atom is -0.495 e. The highest BCUT2D eigenvalue weighted by atomic mass is 32.2. The molecule has 3 N–H and O–H groups in total. The number of rotatable bonds is 6. The van der Waals surface area contributed by atoms with E-state index in [0.717, 1.165) is 9.92 Å². The van der Waals surface area contributed by atoms with Crippen molar-refractivity contribution in [1.82, 2.24) is 4.98 Å². The topological polar surface area (TPSA) is 111 Å². The summed E-state index contributed by atoms with van der Waals surface area (Å²) in [6, 6.07) is 16.6. The lowest BCUT2D eigenvalue weighted by atomic mass is 10.2. The molecular formula is C19H17N3O4S2. The smallest absolute Gasteiger partial charge is 0.255 e. The number of anilines is 1. The third-order valence-corrected chi connectivity index (χ3v) is 5.59. The zero-order chi connectivity index (χ0) is 20.1. The van der Waals surface area contributed by atoms with Crippen LogP contribution in [-0.4, -0.2) is 26.4 Å².